The Balaban J connectivity index is 1.46. The number of hydrogen-bond acceptors (Lipinski definition) is 7. The molecule has 0 saturated carbocycles. The summed E-state index contributed by atoms with van der Waals surface area (Å²) in [5, 5.41) is 10.2. The fourth-order valence-corrected chi connectivity index (χ4v) is 7.22. The number of ether oxygens (including phenoxy) is 2. The van der Waals surface area contributed by atoms with Crippen LogP contribution in [0.2, 0.25) is 0 Å². The van der Waals surface area contributed by atoms with Crippen LogP contribution < -0.4 is 14.4 Å². The van der Waals surface area contributed by atoms with Crippen molar-refractivity contribution in [1.29, 1.82) is 0 Å². The molecular formula is C38H45N3O4S. The highest BCUT2D eigenvalue weighted by Gasteiger charge is 2.45. The summed E-state index contributed by atoms with van der Waals surface area (Å²) in [5.41, 5.74) is 6.64. The largest absolute Gasteiger partial charge is 0.487 e. The Labute approximate surface area is 277 Å². The molecule has 4 aromatic rings. The molecule has 1 N–H and O–H groups in total. The van der Waals surface area contributed by atoms with E-state index in [1.165, 1.54) is 5.56 Å². The van der Waals surface area contributed by atoms with Crippen LogP contribution >= 0.6 is 11.8 Å². The van der Waals surface area contributed by atoms with Crippen LogP contribution in [-0.4, -0.2) is 38.4 Å². The van der Waals surface area contributed by atoms with Gasteiger partial charge in [0.05, 0.1) is 23.0 Å². The number of carboxylic acid groups (broad SMARTS) is 1. The van der Waals surface area contributed by atoms with Gasteiger partial charge >= 0.3 is 5.97 Å². The van der Waals surface area contributed by atoms with Gasteiger partial charge in [0, 0.05) is 47.0 Å². The van der Waals surface area contributed by atoms with Crippen LogP contribution in [0.25, 0.3) is 11.1 Å². The molecule has 0 saturated heterocycles. The molecular weight excluding hydrogens is 595 g/mol. The molecule has 0 bridgehead atoms. The number of fused-ring (bicyclic) bond motifs is 1. The number of aliphatic carboxylic acids is 1. The molecule has 5 rings (SSSR count). The topological polar surface area (TPSA) is 84.8 Å². The molecule has 46 heavy (non-hydrogen) atoms. The number of carbonyl (C=O) groups is 1. The monoisotopic (exact) mass is 639 g/mol. The molecule has 0 spiro atoms. The van der Waals surface area contributed by atoms with Gasteiger partial charge in [0.25, 0.3) is 0 Å². The van der Waals surface area contributed by atoms with Crippen LogP contribution in [0.5, 0.6) is 11.6 Å². The highest BCUT2D eigenvalue weighted by Crippen LogP contribution is 2.54. The number of nitrogens with zero attached hydrogens (tertiary/aromatic N) is 3. The molecule has 1 aliphatic heterocycles. The second-order valence-electron chi connectivity index (χ2n) is 13.6. The normalized spacial score (nSPS) is 16.3. The molecule has 2 unspecified atom stereocenters. The van der Waals surface area contributed by atoms with E-state index >= 15 is 0 Å². The predicted octanol–water partition coefficient (Wildman–Crippen LogP) is 8.89. The zero-order chi connectivity index (χ0) is 33.1. The Morgan fingerprint density at radius 2 is 1.65 bits per heavy atom. The van der Waals surface area contributed by atoms with E-state index in [1.54, 1.807) is 0 Å². The van der Waals surface area contributed by atoms with Gasteiger partial charge in [-0.05, 0) is 86.7 Å². The van der Waals surface area contributed by atoms with Gasteiger partial charge in [-0.15, -0.1) is 11.8 Å². The maximum atomic E-state index is 12.4. The zero-order valence-corrected chi connectivity index (χ0v) is 28.7. The lowest BCUT2D eigenvalue weighted by atomic mass is 9.84. The van der Waals surface area contributed by atoms with E-state index in [4.69, 9.17) is 9.47 Å². The van der Waals surface area contributed by atoms with Gasteiger partial charge in [-0.3, -0.25) is 9.78 Å². The Bertz CT molecular complexity index is 1630. The zero-order valence-electron chi connectivity index (χ0n) is 27.9. The Morgan fingerprint density at radius 3 is 2.26 bits per heavy atom. The molecule has 2 atom stereocenters. The van der Waals surface area contributed by atoms with Crippen molar-refractivity contribution in [3.8, 4) is 22.8 Å². The van der Waals surface area contributed by atoms with E-state index in [9.17, 15) is 9.90 Å². The molecule has 0 radical (unpaired) electrons. The Hall–Kier alpha value is -4.04. The lowest BCUT2D eigenvalue weighted by Gasteiger charge is -2.36. The first kappa shape index (κ1) is 33.3. The fraction of sp³-hybridized carbons (Fsp3) is 0.395. The number of thioether (sulfide) groups is 1. The summed E-state index contributed by atoms with van der Waals surface area (Å²) in [4.78, 5) is 23.7. The smallest absolute Gasteiger partial charge is 0.309 e. The lowest BCUT2D eigenvalue weighted by molar-refractivity contribution is -0.147. The number of hydrogen-bond donors (Lipinski definition) is 1. The molecule has 242 valence electrons. The minimum absolute atomic E-state index is 0.0330. The van der Waals surface area contributed by atoms with Crippen LogP contribution in [0.15, 0.2) is 79.1 Å². The van der Waals surface area contributed by atoms with Crippen molar-refractivity contribution in [2.24, 2.45) is 5.41 Å². The van der Waals surface area contributed by atoms with Crippen molar-refractivity contribution in [3.05, 3.63) is 102 Å². The third kappa shape index (κ3) is 8.02. The van der Waals surface area contributed by atoms with Gasteiger partial charge < -0.3 is 19.5 Å². The van der Waals surface area contributed by atoms with Crippen molar-refractivity contribution in [3.63, 3.8) is 0 Å². The standard InChI is InChI=1S/C38H45N3O4S/c1-8-44-34-18-14-28(22-40-34)27-12-10-26(11-13-27)23-41-32-17-16-30(45-24-29-15-9-25(2)21-39-29)19-31(32)35(46-37(3,4)5)33(41)20-38(6,7)36(42)43/h9-19,21-22,33,35H,8,20,23-24H2,1-7H3,(H,42,43). The van der Waals surface area contributed by atoms with Crippen molar-refractivity contribution >= 4 is 23.4 Å². The summed E-state index contributed by atoms with van der Waals surface area (Å²) in [6.07, 6.45) is 4.19. The number of benzene rings is 2. The SMILES string of the molecule is CCOc1ccc(-c2ccc(CN3c4ccc(OCc5ccc(C)cn5)cc4C(SC(C)(C)C)C3CC(C)(C)C(=O)O)cc2)cn1. The van der Waals surface area contributed by atoms with Gasteiger partial charge in [0.1, 0.15) is 12.4 Å². The number of carboxylic acids is 1. The first-order valence-corrected chi connectivity index (χ1v) is 16.8. The third-order valence-electron chi connectivity index (χ3n) is 8.17. The summed E-state index contributed by atoms with van der Waals surface area (Å²) in [6.45, 7) is 15.9. The average molecular weight is 640 g/mol. The van der Waals surface area contributed by atoms with Crippen LogP contribution in [0.3, 0.4) is 0 Å². The third-order valence-corrected chi connectivity index (χ3v) is 9.70. The highest BCUT2D eigenvalue weighted by molar-refractivity contribution is 8.00. The molecule has 1 aliphatic rings. The van der Waals surface area contributed by atoms with Crippen molar-refractivity contribution in [2.75, 3.05) is 11.5 Å². The van der Waals surface area contributed by atoms with Crippen LogP contribution in [0, 0.1) is 12.3 Å². The number of anilines is 1. The first-order valence-electron chi connectivity index (χ1n) is 15.9. The van der Waals surface area contributed by atoms with E-state index in [-0.39, 0.29) is 16.0 Å². The molecule has 2 aromatic carbocycles. The Kier molecular flexibility index (Phi) is 9.96. The molecule has 0 fully saturated rings. The van der Waals surface area contributed by atoms with Crippen LogP contribution in [0.4, 0.5) is 5.69 Å². The summed E-state index contributed by atoms with van der Waals surface area (Å²) < 4.78 is 11.7. The summed E-state index contributed by atoms with van der Waals surface area (Å²) in [5.74, 6) is 0.617. The molecule has 7 nitrogen and oxygen atoms in total. The maximum Gasteiger partial charge on any atom is 0.309 e. The molecule has 8 heteroatoms. The van der Waals surface area contributed by atoms with Crippen LogP contribution in [0.1, 0.15) is 75.6 Å². The average Bonchev–Trinajstić information content (AvgIpc) is 3.27. The predicted molar refractivity (Wildman–Crippen MR) is 187 cm³/mol. The fourth-order valence-electron chi connectivity index (χ4n) is 5.74. The minimum Gasteiger partial charge on any atom is -0.487 e. The first-order chi connectivity index (χ1) is 21.8. The Morgan fingerprint density at radius 1 is 0.913 bits per heavy atom. The second-order valence-corrected chi connectivity index (χ2v) is 15.6. The van der Waals surface area contributed by atoms with Crippen molar-refractivity contribution in [2.45, 2.75) is 84.1 Å². The van der Waals surface area contributed by atoms with E-state index in [1.807, 2.05) is 82.2 Å². The van der Waals surface area contributed by atoms with Gasteiger partial charge in [0.2, 0.25) is 5.88 Å². The maximum absolute atomic E-state index is 12.4. The molecule has 0 amide bonds. The van der Waals surface area contributed by atoms with E-state index in [0.717, 1.165) is 39.4 Å². The van der Waals surface area contributed by atoms with E-state index in [0.29, 0.717) is 32.1 Å². The summed E-state index contributed by atoms with van der Waals surface area (Å²) in [6, 6.07) is 22.8. The molecule has 2 aromatic heterocycles. The number of aromatic nitrogens is 2. The van der Waals surface area contributed by atoms with Crippen molar-refractivity contribution in [1.82, 2.24) is 9.97 Å². The number of aryl methyl sites for hydroxylation is 1. The van der Waals surface area contributed by atoms with Crippen molar-refractivity contribution < 1.29 is 19.4 Å². The summed E-state index contributed by atoms with van der Waals surface area (Å²) >= 11 is 1.89. The van der Waals surface area contributed by atoms with Gasteiger partial charge in [-0.1, -0.05) is 51.1 Å². The quantitative estimate of drug-likeness (QED) is 0.165. The second kappa shape index (κ2) is 13.8. The van der Waals surface area contributed by atoms with Gasteiger partial charge in [0.15, 0.2) is 0 Å². The molecule has 3 heterocycles. The minimum atomic E-state index is -0.900. The van der Waals surface area contributed by atoms with Crippen LogP contribution in [-0.2, 0) is 17.9 Å². The number of rotatable bonds is 12. The lowest BCUT2D eigenvalue weighted by Crippen LogP contribution is -2.40. The number of pyridine rings is 2. The highest BCUT2D eigenvalue weighted by atomic mass is 32.2. The van der Waals surface area contributed by atoms with Gasteiger partial charge in [-0.2, -0.15) is 0 Å². The van der Waals surface area contributed by atoms with E-state index < -0.39 is 11.4 Å². The molecule has 0 aliphatic carbocycles. The van der Waals surface area contributed by atoms with Gasteiger partial charge in [-0.25, -0.2) is 4.98 Å². The van der Waals surface area contributed by atoms with E-state index in [2.05, 4.69) is 72.0 Å². The summed E-state index contributed by atoms with van der Waals surface area (Å²) in [7, 11) is 0.